The summed E-state index contributed by atoms with van der Waals surface area (Å²) >= 11 is 0. The van der Waals surface area contributed by atoms with E-state index >= 15 is 0 Å². The fourth-order valence-electron chi connectivity index (χ4n) is 1.84. The fourth-order valence-corrected chi connectivity index (χ4v) is 1.84. The highest BCUT2D eigenvalue weighted by atomic mass is 19.1. The van der Waals surface area contributed by atoms with Gasteiger partial charge in [-0.3, -0.25) is 4.79 Å². The first-order valence-corrected chi connectivity index (χ1v) is 5.97. The Bertz CT molecular complexity index is 606. The highest BCUT2D eigenvalue weighted by Gasteiger charge is 2.17. The molecule has 2 aromatic rings. The van der Waals surface area contributed by atoms with Gasteiger partial charge < -0.3 is 9.47 Å². The molecule has 4 nitrogen and oxygen atoms in total. The van der Waals surface area contributed by atoms with Crippen LogP contribution in [0.4, 0.5) is 4.39 Å². The summed E-state index contributed by atoms with van der Waals surface area (Å²) in [5, 5.41) is 0. The van der Waals surface area contributed by atoms with Crippen LogP contribution in [0.1, 0.15) is 21.7 Å². The van der Waals surface area contributed by atoms with Gasteiger partial charge in [-0.1, -0.05) is 11.6 Å². The Morgan fingerprint density at radius 3 is 2.84 bits per heavy atom. The molecule has 0 saturated heterocycles. The van der Waals surface area contributed by atoms with Gasteiger partial charge in [-0.05, 0) is 19.1 Å². The van der Waals surface area contributed by atoms with Crippen molar-refractivity contribution in [2.24, 2.45) is 7.05 Å². The van der Waals surface area contributed by atoms with E-state index in [1.807, 2.05) is 18.5 Å². The van der Waals surface area contributed by atoms with Gasteiger partial charge in [0.15, 0.2) is 0 Å². The third kappa shape index (κ3) is 2.81. The second kappa shape index (κ2) is 5.22. The molecule has 0 radical (unpaired) electrons. The van der Waals surface area contributed by atoms with Crippen molar-refractivity contribution in [3.05, 3.63) is 53.4 Å². The van der Waals surface area contributed by atoms with Gasteiger partial charge in [-0.15, -0.1) is 0 Å². The molecule has 0 atom stereocenters. The molecule has 0 aliphatic rings. The number of aryl methyl sites for hydroxylation is 2. The minimum atomic E-state index is -0.498. The molecule has 0 aliphatic carbocycles. The summed E-state index contributed by atoms with van der Waals surface area (Å²) in [7, 11) is 3.49. The van der Waals surface area contributed by atoms with Crippen molar-refractivity contribution in [1.29, 1.82) is 0 Å². The van der Waals surface area contributed by atoms with Gasteiger partial charge in [0, 0.05) is 26.5 Å². The van der Waals surface area contributed by atoms with Crippen molar-refractivity contribution in [1.82, 2.24) is 14.5 Å². The summed E-state index contributed by atoms with van der Waals surface area (Å²) in [5.74, 6) is -0.0876. The van der Waals surface area contributed by atoms with E-state index in [0.717, 1.165) is 11.4 Å². The summed E-state index contributed by atoms with van der Waals surface area (Å²) in [5.41, 5.74) is 0.951. The van der Waals surface area contributed by atoms with Gasteiger partial charge in [0.1, 0.15) is 11.6 Å². The predicted octanol–water partition coefficient (Wildman–Crippen LogP) is 2.14. The van der Waals surface area contributed by atoms with Gasteiger partial charge in [0.2, 0.25) is 0 Å². The largest absolute Gasteiger partial charge is 0.337 e. The zero-order valence-electron chi connectivity index (χ0n) is 11.2. The highest BCUT2D eigenvalue weighted by molar-refractivity contribution is 5.94. The zero-order valence-corrected chi connectivity index (χ0v) is 11.2. The van der Waals surface area contributed by atoms with Crippen LogP contribution in [0.5, 0.6) is 0 Å². The molecular formula is C14H16FN3O. The first-order chi connectivity index (χ1) is 8.99. The Morgan fingerprint density at radius 2 is 2.21 bits per heavy atom. The molecule has 0 bridgehead atoms. The topological polar surface area (TPSA) is 38.1 Å². The second-order valence-electron chi connectivity index (χ2n) is 4.60. The van der Waals surface area contributed by atoms with Gasteiger partial charge in [-0.2, -0.15) is 0 Å². The number of hydrogen-bond acceptors (Lipinski definition) is 2. The van der Waals surface area contributed by atoms with Crippen molar-refractivity contribution in [2.45, 2.75) is 13.5 Å². The van der Waals surface area contributed by atoms with Gasteiger partial charge in [0.25, 0.3) is 5.91 Å². The molecular weight excluding hydrogens is 245 g/mol. The average Bonchev–Trinajstić information content (AvgIpc) is 2.77. The maximum absolute atomic E-state index is 13.7. The minimum Gasteiger partial charge on any atom is -0.337 e. The molecule has 2 rings (SSSR count). The number of nitrogens with zero attached hydrogens (tertiary/aromatic N) is 3. The van der Waals surface area contributed by atoms with E-state index in [0.29, 0.717) is 6.54 Å². The lowest BCUT2D eigenvalue weighted by atomic mass is 10.1. The monoisotopic (exact) mass is 261 g/mol. The van der Waals surface area contributed by atoms with Crippen LogP contribution < -0.4 is 0 Å². The van der Waals surface area contributed by atoms with Crippen molar-refractivity contribution in [3.63, 3.8) is 0 Å². The van der Waals surface area contributed by atoms with Crippen LogP contribution in [0, 0.1) is 12.7 Å². The first kappa shape index (κ1) is 13.3. The number of amides is 1. The number of carbonyl (C=O) groups excluding carboxylic acids is 1. The predicted molar refractivity (Wildman–Crippen MR) is 70.1 cm³/mol. The molecule has 5 heteroatoms. The maximum atomic E-state index is 13.7. The Hall–Kier alpha value is -2.17. The van der Waals surface area contributed by atoms with Crippen molar-refractivity contribution in [3.8, 4) is 0 Å². The van der Waals surface area contributed by atoms with Crippen molar-refractivity contribution < 1.29 is 9.18 Å². The van der Waals surface area contributed by atoms with Crippen molar-refractivity contribution in [2.75, 3.05) is 7.05 Å². The lowest BCUT2D eigenvalue weighted by Crippen LogP contribution is -2.28. The second-order valence-corrected chi connectivity index (χ2v) is 4.60. The van der Waals surface area contributed by atoms with E-state index in [-0.39, 0.29) is 11.5 Å². The van der Waals surface area contributed by atoms with E-state index in [4.69, 9.17) is 0 Å². The number of imidazole rings is 1. The standard InChI is InChI=1S/C14H16FN3O/c1-10-4-5-12(15)11(8-10)14(19)18(3)9-13-16-6-7-17(13)2/h4-8H,9H2,1-3H3. The van der Waals surface area contributed by atoms with E-state index in [1.54, 1.807) is 31.6 Å². The fraction of sp³-hybridized carbons (Fsp3) is 0.286. The number of aromatic nitrogens is 2. The Balaban J connectivity index is 2.19. The molecule has 0 saturated carbocycles. The van der Waals surface area contributed by atoms with E-state index in [9.17, 15) is 9.18 Å². The van der Waals surface area contributed by atoms with Crippen LogP contribution in [0.15, 0.2) is 30.6 Å². The molecule has 0 N–H and O–H groups in total. The van der Waals surface area contributed by atoms with Crippen LogP contribution in [-0.2, 0) is 13.6 Å². The van der Waals surface area contributed by atoms with Crippen molar-refractivity contribution >= 4 is 5.91 Å². The molecule has 0 fully saturated rings. The molecule has 0 aliphatic heterocycles. The lowest BCUT2D eigenvalue weighted by molar-refractivity contribution is 0.0776. The minimum absolute atomic E-state index is 0.0942. The summed E-state index contributed by atoms with van der Waals surface area (Å²) in [6.45, 7) is 2.17. The first-order valence-electron chi connectivity index (χ1n) is 5.97. The van der Waals surface area contributed by atoms with Crippen LogP contribution in [0.3, 0.4) is 0 Å². The number of rotatable bonds is 3. The maximum Gasteiger partial charge on any atom is 0.256 e. The zero-order chi connectivity index (χ0) is 14.0. The summed E-state index contributed by atoms with van der Waals surface area (Å²) in [6, 6.07) is 4.52. The van der Waals surface area contributed by atoms with Crippen LogP contribution in [0.25, 0.3) is 0 Å². The average molecular weight is 261 g/mol. The summed E-state index contributed by atoms with van der Waals surface area (Å²) in [4.78, 5) is 17.8. The SMILES string of the molecule is Cc1ccc(F)c(C(=O)N(C)Cc2nccn2C)c1. The molecule has 1 aromatic carbocycles. The Kier molecular flexibility index (Phi) is 3.64. The molecule has 1 aromatic heterocycles. The van der Waals surface area contributed by atoms with Crippen LogP contribution in [0.2, 0.25) is 0 Å². The smallest absolute Gasteiger partial charge is 0.256 e. The quantitative estimate of drug-likeness (QED) is 0.849. The number of carbonyl (C=O) groups is 1. The number of halogens is 1. The Labute approximate surface area is 111 Å². The normalized spacial score (nSPS) is 10.5. The molecule has 0 unspecified atom stereocenters. The number of hydrogen-bond donors (Lipinski definition) is 0. The summed E-state index contributed by atoms with van der Waals surface area (Å²) < 4.78 is 15.5. The van der Waals surface area contributed by atoms with Gasteiger partial charge in [0.05, 0.1) is 12.1 Å². The molecule has 1 amide bonds. The third-order valence-corrected chi connectivity index (χ3v) is 3.00. The van der Waals surface area contributed by atoms with Crippen LogP contribution in [-0.4, -0.2) is 27.4 Å². The lowest BCUT2D eigenvalue weighted by Gasteiger charge is -2.17. The van der Waals surface area contributed by atoms with E-state index < -0.39 is 5.82 Å². The molecule has 100 valence electrons. The van der Waals surface area contributed by atoms with Gasteiger partial charge >= 0.3 is 0 Å². The molecule has 1 heterocycles. The molecule has 19 heavy (non-hydrogen) atoms. The third-order valence-electron chi connectivity index (χ3n) is 3.00. The summed E-state index contributed by atoms with van der Waals surface area (Å²) in [6.07, 6.45) is 3.47. The Morgan fingerprint density at radius 1 is 1.47 bits per heavy atom. The van der Waals surface area contributed by atoms with Gasteiger partial charge in [-0.25, -0.2) is 9.37 Å². The van der Waals surface area contributed by atoms with E-state index in [2.05, 4.69) is 4.98 Å². The highest BCUT2D eigenvalue weighted by Crippen LogP contribution is 2.13. The molecule has 0 spiro atoms. The van der Waals surface area contributed by atoms with E-state index in [1.165, 1.54) is 11.0 Å². The number of benzene rings is 1. The van der Waals surface area contributed by atoms with Crippen LogP contribution >= 0.6 is 0 Å².